The minimum atomic E-state index is -0.474. The molecular formula is C26H22N4O2S. The van der Waals surface area contributed by atoms with Crippen LogP contribution >= 0.6 is 12.6 Å². The van der Waals surface area contributed by atoms with Crippen LogP contribution in [0.3, 0.4) is 0 Å². The standard InChI is InChI=1S/C26H22N4O2S/c1-17-8-7-11-19(14-17)32-16-23-28-29-26(30(23)18-9-3-2-4-10-18)25(33)21-15-24(31)27-22-13-6-5-12-20(21)22/h2-15,25,33H,16H2,1H3,(H,27,31). The largest absolute Gasteiger partial charge is 0.486 e. The summed E-state index contributed by atoms with van der Waals surface area (Å²) < 4.78 is 7.97. The molecule has 1 unspecified atom stereocenters. The highest BCUT2D eigenvalue weighted by molar-refractivity contribution is 7.80. The topological polar surface area (TPSA) is 72.8 Å². The average Bonchev–Trinajstić information content (AvgIpc) is 3.26. The Labute approximate surface area is 196 Å². The lowest BCUT2D eigenvalue weighted by Crippen LogP contribution is -2.13. The predicted molar refractivity (Wildman–Crippen MR) is 132 cm³/mol. The van der Waals surface area contributed by atoms with Crippen LogP contribution in [0.1, 0.15) is 28.0 Å². The maximum absolute atomic E-state index is 12.3. The molecule has 164 valence electrons. The van der Waals surface area contributed by atoms with Crippen LogP contribution < -0.4 is 10.3 Å². The zero-order valence-corrected chi connectivity index (χ0v) is 18.9. The van der Waals surface area contributed by atoms with Gasteiger partial charge in [0.25, 0.3) is 0 Å². The molecule has 0 amide bonds. The van der Waals surface area contributed by atoms with Gasteiger partial charge >= 0.3 is 0 Å². The number of aromatic amines is 1. The lowest BCUT2D eigenvalue weighted by molar-refractivity contribution is 0.293. The Kier molecular flexibility index (Phi) is 5.71. The number of fused-ring (bicyclic) bond motifs is 1. The van der Waals surface area contributed by atoms with Gasteiger partial charge in [-0.2, -0.15) is 12.6 Å². The second kappa shape index (κ2) is 8.96. The fourth-order valence-corrected chi connectivity index (χ4v) is 4.29. The Hall–Kier alpha value is -3.84. The van der Waals surface area contributed by atoms with Crippen LogP contribution in [0, 0.1) is 6.92 Å². The van der Waals surface area contributed by atoms with Gasteiger partial charge < -0.3 is 9.72 Å². The smallest absolute Gasteiger partial charge is 0.248 e. The lowest BCUT2D eigenvalue weighted by Gasteiger charge is -2.16. The molecule has 1 N–H and O–H groups in total. The van der Waals surface area contributed by atoms with Crippen LogP contribution in [-0.2, 0) is 6.61 Å². The van der Waals surface area contributed by atoms with Crippen molar-refractivity contribution in [1.82, 2.24) is 19.7 Å². The van der Waals surface area contributed by atoms with Crippen LogP contribution in [0.5, 0.6) is 5.75 Å². The number of hydrogen-bond acceptors (Lipinski definition) is 5. The minimum absolute atomic E-state index is 0.184. The van der Waals surface area contributed by atoms with E-state index in [4.69, 9.17) is 17.4 Å². The summed E-state index contributed by atoms with van der Waals surface area (Å²) >= 11 is 4.90. The van der Waals surface area contributed by atoms with Crippen LogP contribution in [0.25, 0.3) is 16.6 Å². The molecule has 2 aromatic heterocycles. The molecule has 0 bridgehead atoms. The zero-order chi connectivity index (χ0) is 22.8. The maximum Gasteiger partial charge on any atom is 0.248 e. The normalized spacial score (nSPS) is 12.1. The number of aryl methyl sites for hydroxylation is 1. The number of nitrogens with zero attached hydrogens (tertiary/aromatic N) is 3. The first-order valence-electron chi connectivity index (χ1n) is 10.6. The molecule has 0 spiro atoms. The minimum Gasteiger partial charge on any atom is -0.486 e. The fourth-order valence-electron chi connectivity index (χ4n) is 3.91. The Morgan fingerprint density at radius 3 is 2.58 bits per heavy atom. The van der Waals surface area contributed by atoms with Crippen LogP contribution in [0.4, 0.5) is 0 Å². The van der Waals surface area contributed by atoms with Gasteiger partial charge in [-0.05, 0) is 48.4 Å². The van der Waals surface area contributed by atoms with Crippen molar-refractivity contribution in [2.45, 2.75) is 18.8 Å². The van der Waals surface area contributed by atoms with Crippen molar-refractivity contribution in [2.75, 3.05) is 0 Å². The molecule has 0 fully saturated rings. The van der Waals surface area contributed by atoms with E-state index in [-0.39, 0.29) is 12.2 Å². The molecule has 5 rings (SSSR count). The van der Waals surface area contributed by atoms with E-state index < -0.39 is 5.25 Å². The van der Waals surface area contributed by atoms with E-state index in [0.29, 0.717) is 11.6 Å². The molecule has 0 aliphatic heterocycles. The Morgan fingerprint density at radius 2 is 1.76 bits per heavy atom. The second-order valence-electron chi connectivity index (χ2n) is 7.79. The third kappa shape index (κ3) is 4.27. The summed E-state index contributed by atoms with van der Waals surface area (Å²) in [5.74, 6) is 2.02. The summed E-state index contributed by atoms with van der Waals surface area (Å²) in [4.78, 5) is 15.2. The van der Waals surface area contributed by atoms with Gasteiger partial charge in [0.15, 0.2) is 11.6 Å². The Morgan fingerprint density at radius 1 is 0.970 bits per heavy atom. The average molecular weight is 455 g/mol. The number of pyridine rings is 1. The molecule has 0 aliphatic carbocycles. The molecule has 7 heteroatoms. The lowest BCUT2D eigenvalue weighted by atomic mass is 10.1. The maximum atomic E-state index is 12.3. The highest BCUT2D eigenvalue weighted by Crippen LogP contribution is 2.33. The monoisotopic (exact) mass is 454 g/mol. The molecular weight excluding hydrogens is 432 g/mol. The van der Waals surface area contributed by atoms with E-state index in [1.165, 1.54) is 0 Å². The molecule has 33 heavy (non-hydrogen) atoms. The van der Waals surface area contributed by atoms with E-state index in [1.807, 2.05) is 90.4 Å². The van der Waals surface area contributed by atoms with Crippen molar-refractivity contribution >= 4 is 23.5 Å². The van der Waals surface area contributed by atoms with E-state index in [0.717, 1.165) is 33.5 Å². The van der Waals surface area contributed by atoms with E-state index in [1.54, 1.807) is 6.07 Å². The summed E-state index contributed by atoms with van der Waals surface area (Å²) in [6.45, 7) is 2.26. The Bertz CT molecular complexity index is 1480. The van der Waals surface area contributed by atoms with Crippen LogP contribution in [0.2, 0.25) is 0 Å². The predicted octanol–water partition coefficient (Wildman–Crippen LogP) is 5.02. The summed E-state index contributed by atoms with van der Waals surface area (Å²) in [5.41, 5.74) is 3.36. The number of nitrogens with one attached hydrogen (secondary N) is 1. The number of thiol groups is 1. The van der Waals surface area contributed by atoms with Crippen molar-refractivity contribution in [1.29, 1.82) is 0 Å². The van der Waals surface area contributed by atoms with Gasteiger partial charge in [0.2, 0.25) is 5.56 Å². The fraction of sp³-hybridized carbons (Fsp3) is 0.115. The summed E-state index contributed by atoms with van der Waals surface area (Å²) in [5, 5.41) is 9.35. The van der Waals surface area contributed by atoms with Gasteiger partial charge in [-0.3, -0.25) is 9.36 Å². The van der Waals surface area contributed by atoms with Gasteiger partial charge in [-0.1, -0.05) is 48.5 Å². The number of para-hydroxylation sites is 2. The van der Waals surface area contributed by atoms with E-state index >= 15 is 0 Å². The van der Waals surface area contributed by atoms with Gasteiger partial charge in [0.05, 0.1) is 5.25 Å². The van der Waals surface area contributed by atoms with Crippen molar-refractivity contribution in [3.8, 4) is 11.4 Å². The molecule has 0 saturated heterocycles. The number of rotatable bonds is 6. The van der Waals surface area contributed by atoms with Gasteiger partial charge in [0, 0.05) is 22.7 Å². The Balaban J connectivity index is 1.59. The molecule has 1 atom stereocenters. The van der Waals surface area contributed by atoms with Gasteiger partial charge in [-0.25, -0.2) is 0 Å². The molecule has 0 radical (unpaired) electrons. The number of hydrogen-bond donors (Lipinski definition) is 2. The van der Waals surface area contributed by atoms with Gasteiger partial charge in [0.1, 0.15) is 12.4 Å². The molecule has 2 heterocycles. The highest BCUT2D eigenvalue weighted by Gasteiger charge is 2.23. The van der Waals surface area contributed by atoms with Crippen molar-refractivity contribution in [3.05, 3.63) is 118 Å². The quantitative estimate of drug-likeness (QED) is 0.354. The SMILES string of the molecule is Cc1cccc(OCc2nnc(C(S)c3cc(=O)[nH]c4ccccc34)n2-c2ccccc2)c1. The molecule has 3 aromatic carbocycles. The number of benzene rings is 3. The van der Waals surface area contributed by atoms with Crippen molar-refractivity contribution < 1.29 is 4.74 Å². The summed E-state index contributed by atoms with van der Waals surface area (Å²) in [6.07, 6.45) is 0. The second-order valence-corrected chi connectivity index (χ2v) is 8.30. The first-order chi connectivity index (χ1) is 16.1. The summed E-state index contributed by atoms with van der Waals surface area (Å²) in [6, 6.07) is 27.0. The first-order valence-corrected chi connectivity index (χ1v) is 11.1. The van der Waals surface area contributed by atoms with Crippen LogP contribution in [-0.4, -0.2) is 19.7 Å². The molecule has 0 aliphatic rings. The first kappa shape index (κ1) is 21.0. The third-order valence-electron chi connectivity index (χ3n) is 5.45. The number of H-pyrrole nitrogens is 1. The molecule has 0 saturated carbocycles. The van der Waals surface area contributed by atoms with Crippen LogP contribution in [0.15, 0.2) is 89.7 Å². The van der Waals surface area contributed by atoms with Crippen molar-refractivity contribution in [2.24, 2.45) is 0 Å². The van der Waals surface area contributed by atoms with E-state index in [2.05, 4.69) is 15.2 Å². The molecule has 6 nitrogen and oxygen atoms in total. The van der Waals surface area contributed by atoms with Crippen molar-refractivity contribution in [3.63, 3.8) is 0 Å². The number of ether oxygens (including phenoxy) is 1. The van der Waals surface area contributed by atoms with E-state index in [9.17, 15) is 4.79 Å². The third-order valence-corrected chi connectivity index (χ3v) is 5.96. The highest BCUT2D eigenvalue weighted by atomic mass is 32.1. The summed E-state index contributed by atoms with van der Waals surface area (Å²) in [7, 11) is 0. The number of aromatic nitrogens is 4. The zero-order valence-electron chi connectivity index (χ0n) is 18.0. The molecule has 5 aromatic rings. The van der Waals surface area contributed by atoms with Gasteiger partial charge in [-0.15, -0.1) is 10.2 Å².